The predicted molar refractivity (Wildman–Crippen MR) is 67.3 cm³/mol. The number of ether oxygens (including phenoxy) is 1. The Balaban J connectivity index is 1.76. The Kier molecular flexibility index (Phi) is 4.46. The number of hydrogen-bond donors (Lipinski definition) is 0. The summed E-state index contributed by atoms with van der Waals surface area (Å²) in [5, 5.41) is 0. The fourth-order valence-electron chi connectivity index (χ4n) is 2.01. The zero-order chi connectivity index (χ0) is 12.8. The Morgan fingerprint density at radius 2 is 2.11 bits per heavy atom. The molecule has 0 amide bonds. The average molecular weight is 250 g/mol. The van der Waals surface area contributed by atoms with Crippen LogP contribution in [-0.4, -0.2) is 60.7 Å². The molecule has 1 fully saturated rings. The van der Waals surface area contributed by atoms with Crippen LogP contribution < -0.4 is 4.90 Å². The van der Waals surface area contributed by atoms with Crippen LogP contribution in [0.5, 0.6) is 0 Å². The molecule has 0 saturated carbocycles. The monoisotopic (exact) mass is 250 g/mol. The zero-order valence-corrected chi connectivity index (χ0v) is 10.6. The molecule has 18 heavy (non-hydrogen) atoms. The lowest BCUT2D eigenvalue weighted by molar-refractivity contribution is -0.141. The highest BCUT2D eigenvalue weighted by Gasteiger charge is 2.18. The van der Waals surface area contributed by atoms with Crippen LogP contribution >= 0.6 is 0 Å². The second-order valence-corrected chi connectivity index (χ2v) is 4.22. The smallest absolute Gasteiger partial charge is 0.306 e. The maximum Gasteiger partial charge on any atom is 0.306 e. The number of carbonyl (C=O) groups is 1. The van der Waals surface area contributed by atoms with Crippen molar-refractivity contribution in [2.75, 3.05) is 44.7 Å². The van der Waals surface area contributed by atoms with Crippen molar-refractivity contribution in [2.24, 2.45) is 0 Å². The molecule has 6 heteroatoms. The second kappa shape index (κ2) is 6.30. The SMILES string of the molecule is COC(=O)CCN1CCN(c2cnccn2)CC1. The molecular formula is C12H18N4O2. The highest BCUT2D eigenvalue weighted by atomic mass is 16.5. The molecule has 1 aliphatic heterocycles. The van der Waals surface area contributed by atoms with E-state index in [4.69, 9.17) is 0 Å². The van der Waals surface area contributed by atoms with Gasteiger partial charge in [0.1, 0.15) is 5.82 Å². The lowest BCUT2D eigenvalue weighted by atomic mass is 10.3. The lowest BCUT2D eigenvalue weighted by Gasteiger charge is -2.34. The molecule has 0 aromatic carbocycles. The van der Waals surface area contributed by atoms with E-state index in [0.717, 1.165) is 38.5 Å². The number of carbonyl (C=O) groups excluding carboxylic acids is 1. The van der Waals surface area contributed by atoms with Crippen molar-refractivity contribution in [3.8, 4) is 0 Å². The van der Waals surface area contributed by atoms with E-state index in [2.05, 4.69) is 24.5 Å². The van der Waals surface area contributed by atoms with E-state index in [-0.39, 0.29) is 5.97 Å². The van der Waals surface area contributed by atoms with Gasteiger partial charge in [-0.15, -0.1) is 0 Å². The molecule has 1 aliphatic rings. The molecule has 0 bridgehead atoms. The van der Waals surface area contributed by atoms with Crippen LogP contribution in [0.2, 0.25) is 0 Å². The van der Waals surface area contributed by atoms with Crippen LogP contribution in [0.3, 0.4) is 0 Å². The summed E-state index contributed by atoms with van der Waals surface area (Å²) in [7, 11) is 1.42. The van der Waals surface area contributed by atoms with E-state index >= 15 is 0 Å². The number of nitrogens with zero attached hydrogens (tertiary/aromatic N) is 4. The molecule has 0 radical (unpaired) electrons. The highest BCUT2D eigenvalue weighted by molar-refractivity contribution is 5.69. The van der Waals surface area contributed by atoms with Gasteiger partial charge in [-0.25, -0.2) is 4.98 Å². The third kappa shape index (κ3) is 3.40. The van der Waals surface area contributed by atoms with Crippen molar-refractivity contribution < 1.29 is 9.53 Å². The third-order valence-corrected chi connectivity index (χ3v) is 3.11. The Labute approximate surface area is 107 Å². The molecule has 0 N–H and O–H groups in total. The quantitative estimate of drug-likeness (QED) is 0.710. The van der Waals surface area contributed by atoms with E-state index in [1.165, 1.54) is 7.11 Å². The van der Waals surface area contributed by atoms with Gasteiger partial charge in [-0.1, -0.05) is 0 Å². The van der Waals surface area contributed by atoms with Crippen LogP contribution in [-0.2, 0) is 9.53 Å². The van der Waals surface area contributed by atoms with Crippen molar-refractivity contribution in [1.82, 2.24) is 14.9 Å². The Morgan fingerprint density at radius 1 is 1.33 bits per heavy atom. The summed E-state index contributed by atoms with van der Waals surface area (Å²) in [6.45, 7) is 4.47. The number of esters is 1. The second-order valence-electron chi connectivity index (χ2n) is 4.22. The number of piperazine rings is 1. The molecule has 0 unspecified atom stereocenters. The van der Waals surface area contributed by atoms with E-state index in [1.807, 2.05) is 0 Å². The number of anilines is 1. The van der Waals surface area contributed by atoms with Crippen molar-refractivity contribution in [3.63, 3.8) is 0 Å². The summed E-state index contributed by atoms with van der Waals surface area (Å²) in [4.78, 5) is 23.9. The van der Waals surface area contributed by atoms with Crippen LogP contribution in [0, 0.1) is 0 Å². The maximum atomic E-state index is 11.1. The number of methoxy groups -OCH3 is 1. The fraction of sp³-hybridized carbons (Fsp3) is 0.583. The van der Waals surface area contributed by atoms with Gasteiger partial charge in [0.2, 0.25) is 0 Å². The molecule has 0 spiro atoms. The van der Waals surface area contributed by atoms with Crippen molar-refractivity contribution in [1.29, 1.82) is 0 Å². The molecule has 6 nitrogen and oxygen atoms in total. The highest BCUT2D eigenvalue weighted by Crippen LogP contribution is 2.11. The number of hydrogen-bond acceptors (Lipinski definition) is 6. The van der Waals surface area contributed by atoms with Crippen molar-refractivity contribution >= 4 is 11.8 Å². The van der Waals surface area contributed by atoms with Gasteiger partial charge in [-0.2, -0.15) is 0 Å². The van der Waals surface area contributed by atoms with Crippen molar-refractivity contribution in [2.45, 2.75) is 6.42 Å². The predicted octanol–water partition coefficient (Wildman–Crippen LogP) is 0.162. The van der Waals surface area contributed by atoms with Gasteiger partial charge < -0.3 is 9.64 Å². The van der Waals surface area contributed by atoms with Gasteiger partial charge >= 0.3 is 5.97 Å². The van der Waals surface area contributed by atoms with Gasteiger partial charge in [0, 0.05) is 45.1 Å². The minimum atomic E-state index is -0.147. The molecule has 0 atom stereocenters. The van der Waals surface area contributed by atoms with E-state index < -0.39 is 0 Å². The van der Waals surface area contributed by atoms with Crippen LogP contribution in [0.15, 0.2) is 18.6 Å². The molecular weight excluding hydrogens is 232 g/mol. The topological polar surface area (TPSA) is 58.6 Å². The molecule has 98 valence electrons. The Hall–Kier alpha value is -1.69. The normalized spacial score (nSPS) is 16.6. The van der Waals surface area contributed by atoms with Crippen molar-refractivity contribution in [3.05, 3.63) is 18.6 Å². The standard InChI is InChI=1S/C12H18N4O2/c1-18-12(17)2-5-15-6-8-16(9-7-15)11-10-13-3-4-14-11/h3-4,10H,2,5-9H2,1H3. The lowest BCUT2D eigenvalue weighted by Crippen LogP contribution is -2.47. The summed E-state index contributed by atoms with van der Waals surface area (Å²) >= 11 is 0. The summed E-state index contributed by atoms with van der Waals surface area (Å²) in [6.07, 6.45) is 5.63. The summed E-state index contributed by atoms with van der Waals surface area (Å²) in [5.41, 5.74) is 0. The largest absolute Gasteiger partial charge is 0.469 e. The van der Waals surface area contributed by atoms with E-state index in [1.54, 1.807) is 18.6 Å². The minimum absolute atomic E-state index is 0.147. The fourth-order valence-corrected chi connectivity index (χ4v) is 2.01. The number of aromatic nitrogens is 2. The first-order valence-corrected chi connectivity index (χ1v) is 6.10. The van der Waals surface area contributed by atoms with Gasteiger partial charge in [0.05, 0.1) is 19.7 Å². The van der Waals surface area contributed by atoms with Crippen LogP contribution in [0.1, 0.15) is 6.42 Å². The average Bonchev–Trinajstić information content (AvgIpc) is 2.46. The Bertz CT molecular complexity index is 377. The van der Waals surface area contributed by atoms with Gasteiger partial charge in [0.15, 0.2) is 0 Å². The maximum absolute atomic E-state index is 11.1. The summed E-state index contributed by atoms with van der Waals surface area (Å²) in [6, 6.07) is 0. The molecule has 2 rings (SSSR count). The van der Waals surface area contributed by atoms with Gasteiger partial charge in [-0.3, -0.25) is 14.7 Å². The third-order valence-electron chi connectivity index (χ3n) is 3.11. The minimum Gasteiger partial charge on any atom is -0.469 e. The first kappa shape index (κ1) is 12.8. The van der Waals surface area contributed by atoms with Crippen LogP contribution in [0.4, 0.5) is 5.82 Å². The van der Waals surface area contributed by atoms with Gasteiger partial charge in [-0.05, 0) is 0 Å². The molecule has 0 aliphatic carbocycles. The van der Waals surface area contributed by atoms with Gasteiger partial charge in [0.25, 0.3) is 0 Å². The summed E-state index contributed by atoms with van der Waals surface area (Å²) in [5.74, 6) is 0.775. The Morgan fingerprint density at radius 3 is 2.72 bits per heavy atom. The zero-order valence-electron chi connectivity index (χ0n) is 10.6. The molecule has 2 heterocycles. The molecule has 1 saturated heterocycles. The first-order chi connectivity index (χ1) is 8.79. The van der Waals surface area contributed by atoms with E-state index in [9.17, 15) is 4.79 Å². The first-order valence-electron chi connectivity index (χ1n) is 6.10. The van der Waals surface area contributed by atoms with Crippen LogP contribution in [0.25, 0.3) is 0 Å². The molecule has 1 aromatic rings. The number of rotatable bonds is 4. The summed E-state index contributed by atoms with van der Waals surface area (Å²) < 4.78 is 4.64. The molecule has 1 aromatic heterocycles. The van der Waals surface area contributed by atoms with E-state index in [0.29, 0.717) is 6.42 Å².